The zero-order valence-corrected chi connectivity index (χ0v) is 11.8. The number of piperidine rings is 1. The Kier molecular flexibility index (Phi) is 3.81. The van der Waals surface area contributed by atoms with Crippen molar-refractivity contribution in [3.8, 4) is 0 Å². The number of hydrogen-bond acceptors (Lipinski definition) is 6. The van der Waals surface area contributed by atoms with Crippen LogP contribution in [0.4, 0.5) is 0 Å². The minimum Gasteiger partial charge on any atom is -0.339 e. The molecule has 0 aliphatic carbocycles. The number of hydrogen-bond donors (Lipinski definition) is 1. The standard InChI is InChI=1S/C13H23N5O/c1-17-6-7-18(2)11(9-17)12-15-13(19-16-12)10-4-3-5-14-8-10/h10-11,14H,3-9H2,1-2H3/t10-,11?/m0/s1. The highest BCUT2D eigenvalue weighted by Gasteiger charge is 2.29. The van der Waals surface area contributed by atoms with Crippen LogP contribution in [-0.2, 0) is 0 Å². The van der Waals surface area contributed by atoms with Gasteiger partial charge in [0.15, 0.2) is 5.82 Å². The molecule has 0 saturated carbocycles. The molecule has 0 bridgehead atoms. The van der Waals surface area contributed by atoms with Crippen LogP contribution >= 0.6 is 0 Å². The highest BCUT2D eigenvalue weighted by Crippen LogP contribution is 2.25. The van der Waals surface area contributed by atoms with E-state index in [1.54, 1.807) is 0 Å². The quantitative estimate of drug-likeness (QED) is 0.838. The lowest BCUT2D eigenvalue weighted by molar-refractivity contribution is 0.108. The number of rotatable bonds is 2. The molecule has 2 aliphatic rings. The zero-order valence-electron chi connectivity index (χ0n) is 11.8. The largest absolute Gasteiger partial charge is 0.339 e. The molecule has 0 amide bonds. The van der Waals surface area contributed by atoms with Gasteiger partial charge in [0.05, 0.1) is 12.0 Å². The molecule has 0 aromatic carbocycles. The van der Waals surface area contributed by atoms with Crippen LogP contribution in [0.15, 0.2) is 4.52 Å². The van der Waals surface area contributed by atoms with Crippen LogP contribution in [-0.4, -0.2) is 66.8 Å². The molecule has 6 nitrogen and oxygen atoms in total. The Labute approximate surface area is 114 Å². The van der Waals surface area contributed by atoms with Crippen molar-refractivity contribution in [3.05, 3.63) is 11.7 Å². The molecule has 1 aromatic rings. The van der Waals surface area contributed by atoms with Crippen LogP contribution in [0.3, 0.4) is 0 Å². The van der Waals surface area contributed by atoms with Crippen molar-refractivity contribution in [1.82, 2.24) is 25.3 Å². The van der Waals surface area contributed by atoms with Crippen LogP contribution in [0.25, 0.3) is 0 Å². The fourth-order valence-electron chi connectivity index (χ4n) is 2.90. The molecule has 19 heavy (non-hydrogen) atoms. The van der Waals surface area contributed by atoms with Crippen molar-refractivity contribution >= 4 is 0 Å². The lowest BCUT2D eigenvalue weighted by atomic mass is 10.00. The van der Waals surface area contributed by atoms with E-state index in [-0.39, 0.29) is 6.04 Å². The average Bonchev–Trinajstić information content (AvgIpc) is 2.92. The van der Waals surface area contributed by atoms with Gasteiger partial charge in [0.25, 0.3) is 0 Å². The Bertz CT molecular complexity index is 415. The second-order valence-electron chi connectivity index (χ2n) is 5.79. The summed E-state index contributed by atoms with van der Waals surface area (Å²) in [7, 11) is 4.28. The molecular weight excluding hydrogens is 242 g/mol. The Morgan fingerprint density at radius 2 is 2.21 bits per heavy atom. The summed E-state index contributed by atoms with van der Waals surface area (Å²) in [6, 6.07) is 0.257. The maximum Gasteiger partial charge on any atom is 0.231 e. The number of nitrogens with zero attached hydrogens (tertiary/aromatic N) is 4. The van der Waals surface area contributed by atoms with E-state index in [2.05, 4.69) is 39.4 Å². The minimum absolute atomic E-state index is 0.257. The van der Waals surface area contributed by atoms with Gasteiger partial charge in [0.1, 0.15) is 0 Å². The zero-order chi connectivity index (χ0) is 13.2. The van der Waals surface area contributed by atoms with Crippen molar-refractivity contribution < 1.29 is 4.52 Å². The molecule has 0 radical (unpaired) electrons. The van der Waals surface area contributed by atoms with E-state index in [1.165, 1.54) is 6.42 Å². The smallest absolute Gasteiger partial charge is 0.231 e. The average molecular weight is 265 g/mol. The molecular formula is C13H23N5O. The number of nitrogens with one attached hydrogen (secondary N) is 1. The monoisotopic (exact) mass is 265 g/mol. The van der Waals surface area contributed by atoms with Gasteiger partial charge in [0, 0.05) is 26.2 Å². The molecule has 1 N–H and O–H groups in total. The first kappa shape index (κ1) is 13.0. The van der Waals surface area contributed by atoms with Gasteiger partial charge in [-0.3, -0.25) is 4.90 Å². The van der Waals surface area contributed by atoms with E-state index in [4.69, 9.17) is 4.52 Å². The lowest BCUT2D eigenvalue weighted by Crippen LogP contribution is -2.45. The van der Waals surface area contributed by atoms with Crippen molar-refractivity contribution in [2.75, 3.05) is 46.8 Å². The van der Waals surface area contributed by atoms with Gasteiger partial charge in [-0.1, -0.05) is 5.16 Å². The van der Waals surface area contributed by atoms with E-state index in [1.807, 2.05) is 0 Å². The van der Waals surface area contributed by atoms with E-state index in [0.717, 1.165) is 50.9 Å². The van der Waals surface area contributed by atoms with Crippen LogP contribution in [0, 0.1) is 0 Å². The molecule has 106 valence electrons. The summed E-state index contributed by atoms with van der Waals surface area (Å²) in [5.41, 5.74) is 0. The molecule has 2 fully saturated rings. The Balaban J connectivity index is 1.72. The maximum absolute atomic E-state index is 5.49. The Morgan fingerprint density at radius 1 is 1.32 bits per heavy atom. The Hall–Kier alpha value is -0.980. The fourth-order valence-corrected chi connectivity index (χ4v) is 2.90. The molecule has 2 atom stereocenters. The second-order valence-corrected chi connectivity index (χ2v) is 5.79. The van der Waals surface area contributed by atoms with Gasteiger partial charge < -0.3 is 14.7 Å². The normalized spacial score (nSPS) is 30.6. The van der Waals surface area contributed by atoms with Gasteiger partial charge in [-0.2, -0.15) is 4.98 Å². The summed E-state index contributed by atoms with van der Waals surface area (Å²) < 4.78 is 5.49. The SMILES string of the molecule is CN1CCN(C)C(c2noc([C@H]3CCCNC3)n2)C1. The van der Waals surface area contributed by atoms with Gasteiger partial charge in [-0.15, -0.1) is 0 Å². The maximum atomic E-state index is 5.49. The van der Waals surface area contributed by atoms with Gasteiger partial charge in [-0.25, -0.2) is 0 Å². The highest BCUT2D eigenvalue weighted by atomic mass is 16.5. The molecule has 6 heteroatoms. The molecule has 3 heterocycles. The van der Waals surface area contributed by atoms with E-state index in [9.17, 15) is 0 Å². The molecule has 0 spiro atoms. The summed E-state index contributed by atoms with van der Waals surface area (Å²) in [6.45, 7) is 5.19. The number of piperazine rings is 1. The summed E-state index contributed by atoms with van der Waals surface area (Å²) in [4.78, 5) is 9.29. The fraction of sp³-hybridized carbons (Fsp3) is 0.846. The third-order valence-electron chi connectivity index (χ3n) is 4.25. The van der Waals surface area contributed by atoms with Gasteiger partial charge in [-0.05, 0) is 33.5 Å². The predicted molar refractivity (Wildman–Crippen MR) is 72.0 cm³/mol. The lowest BCUT2D eigenvalue weighted by Gasteiger charge is -2.35. The summed E-state index contributed by atoms with van der Waals surface area (Å²) in [5.74, 6) is 2.04. The second kappa shape index (κ2) is 5.56. The molecule has 3 rings (SSSR count). The van der Waals surface area contributed by atoms with Crippen molar-refractivity contribution in [3.63, 3.8) is 0 Å². The summed E-state index contributed by atoms with van der Waals surface area (Å²) >= 11 is 0. The molecule has 2 aliphatic heterocycles. The number of likely N-dealkylation sites (N-methyl/N-ethyl adjacent to an activating group) is 2. The van der Waals surface area contributed by atoms with E-state index < -0.39 is 0 Å². The van der Waals surface area contributed by atoms with E-state index >= 15 is 0 Å². The summed E-state index contributed by atoms with van der Waals surface area (Å²) in [5, 5.41) is 7.61. The third-order valence-corrected chi connectivity index (χ3v) is 4.25. The highest BCUT2D eigenvalue weighted by molar-refractivity contribution is 5.02. The minimum atomic E-state index is 0.257. The van der Waals surface area contributed by atoms with Crippen LogP contribution in [0.2, 0.25) is 0 Å². The molecule has 1 unspecified atom stereocenters. The topological polar surface area (TPSA) is 57.4 Å². The van der Waals surface area contributed by atoms with Crippen LogP contribution in [0.1, 0.15) is 36.5 Å². The van der Waals surface area contributed by atoms with Crippen molar-refractivity contribution in [2.45, 2.75) is 24.8 Å². The van der Waals surface area contributed by atoms with Crippen molar-refractivity contribution in [1.29, 1.82) is 0 Å². The van der Waals surface area contributed by atoms with E-state index in [0.29, 0.717) is 5.92 Å². The van der Waals surface area contributed by atoms with Gasteiger partial charge >= 0.3 is 0 Å². The molecule has 1 aromatic heterocycles. The first-order valence-corrected chi connectivity index (χ1v) is 7.17. The van der Waals surface area contributed by atoms with Gasteiger partial charge in [0.2, 0.25) is 5.89 Å². The first-order valence-electron chi connectivity index (χ1n) is 7.17. The third kappa shape index (κ3) is 2.80. The molecule has 2 saturated heterocycles. The van der Waals surface area contributed by atoms with Crippen LogP contribution < -0.4 is 5.32 Å². The predicted octanol–water partition coefficient (Wildman–Crippen LogP) is 0.455. The van der Waals surface area contributed by atoms with Crippen molar-refractivity contribution in [2.24, 2.45) is 0 Å². The first-order chi connectivity index (χ1) is 9.24. The summed E-state index contributed by atoms with van der Waals surface area (Å²) in [6.07, 6.45) is 2.34. The van der Waals surface area contributed by atoms with Crippen LogP contribution in [0.5, 0.6) is 0 Å². The Morgan fingerprint density at radius 3 is 3.00 bits per heavy atom. The number of aromatic nitrogens is 2.